The minimum Gasteiger partial charge on any atom is -0.350 e. The van der Waals surface area contributed by atoms with Crippen LogP contribution in [0.3, 0.4) is 0 Å². The number of pyridine rings is 1. The zero-order chi connectivity index (χ0) is 14.4. The van der Waals surface area contributed by atoms with E-state index in [1.165, 1.54) is 11.1 Å². The van der Waals surface area contributed by atoms with Crippen molar-refractivity contribution in [2.45, 2.75) is 32.7 Å². The van der Waals surface area contributed by atoms with Gasteiger partial charge in [0.1, 0.15) is 0 Å². The van der Waals surface area contributed by atoms with Gasteiger partial charge in [-0.05, 0) is 37.5 Å². The zero-order valence-electron chi connectivity index (χ0n) is 12.0. The number of nitrogens with zero attached hydrogens (tertiary/aromatic N) is 1. The van der Waals surface area contributed by atoms with Gasteiger partial charge in [-0.15, -0.1) is 0 Å². The molecule has 2 aromatic rings. The van der Waals surface area contributed by atoms with Crippen molar-refractivity contribution in [1.82, 2.24) is 10.3 Å². The van der Waals surface area contributed by atoms with Crippen molar-refractivity contribution in [2.75, 3.05) is 0 Å². The van der Waals surface area contributed by atoms with Gasteiger partial charge in [-0.25, -0.2) is 0 Å². The van der Waals surface area contributed by atoms with Gasteiger partial charge in [-0.3, -0.25) is 9.78 Å². The maximum atomic E-state index is 11.9. The summed E-state index contributed by atoms with van der Waals surface area (Å²) in [7, 11) is 0. The summed E-state index contributed by atoms with van der Waals surface area (Å²) in [5.41, 5.74) is 3.46. The Labute approximate surface area is 120 Å². The minimum atomic E-state index is -0.00535. The number of carbonyl (C=O) groups is 1. The third kappa shape index (κ3) is 4.19. The second kappa shape index (κ2) is 6.85. The van der Waals surface area contributed by atoms with E-state index in [9.17, 15) is 4.79 Å². The van der Waals surface area contributed by atoms with Gasteiger partial charge in [0.05, 0.1) is 6.04 Å². The molecule has 2 rings (SSSR count). The third-order valence-corrected chi connectivity index (χ3v) is 3.32. The Hall–Kier alpha value is -2.16. The second-order valence-electron chi connectivity index (χ2n) is 5.06. The Bertz CT molecular complexity index is 549. The van der Waals surface area contributed by atoms with E-state index in [4.69, 9.17) is 0 Å². The molecule has 1 heterocycles. The smallest absolute Gasteiger partial charge is 0.220 e. The molecule has 3 nitrogen and oxygen atoms in total. The van der Waals surface area contributed by atoms with Gasteiger partial charge in [0.25, 0.3) is 0 Å². The fourth-order valence-electron chi connectivity index (χ4n) is 2.04. The normalized spacial score (nSPS) is 11.9. The van der Waals surface area contributed by atoms with Crippen molar-refractivity contribution in [3.63, 3.8) is 0 Å². The van der Waals surface area contributed by atoms with Gasteiger partial charge in [-0.1, -0.05) is 35.9 Å². The van der Waals surface area contributed by atoms with Crippen LogP contribution in [0.25, 0.3) is 0 Å². The molecule has 0 radical (unpaired) electrons. The monoisotopic (exact) mass is 268 g/mol. The molecule has 0 aliphatic rings. The predicted molar refractivity (Wildman–Crippen MR) is 80.3 cm³/mol. The summed E-state index contributed by atoms with van der Waals surface area (Å²) in [6.45, 7) is 4.03. The molecule has 0 saturated carbocycles. The first-order valence-electron chi connectivity index (χ1n) is 6.90. The lowest BCUT2D eigenvalue weighted by atomic mass is 10.1. The summed E-state index contributed by atoms with van der Waals surface area (Å²) in [4.78, 5) is 16.0. The minimum absolute atomic E-state index is 0.00535. The summed E-state index contributed by atoms with van der Waals surface area (Å²) < 4.78 is 0. The number of benzene rings is 1. The molecule has 0 fully saturated rings. The van der Waals surface area contributed by atoms with Crippen LogP contribution in [0, 0.1) is 6.92 Å². The first-order valence-corrected chi connectivity index (χ1v) is 6.90. The van der Waals surface area contributed by atoms with E-state index in [-0.39, 0.29) is 11.9 Å². The largest absolute Gasteiger partial charge is 0.350 e. The highest BCUT2D eigenvalue weighted by Gasteiger charge is 2.09. The molecule has 1 aromatic heterocycles. The van der Waals surface area contributed by atoms with Crippen LogP contribution < -0.4 is 5.32 Å². The molecule has 0 aliphatic carbocycles. The molecule has 0 unspecified atom stereocenters. The number of rotatable bonds is 5. The number of aromatic nitrogens is 1. The summed E-state index contributed by atoms with van der Waals surface area (Å²) >= 11 is 0. The lowest BCUT2D eigenvalue weighted by Gasteiger charge is -2.13. The molecule has 0 aliphatic heterocycles. The molecular weight excluding hydrogens is 248 g/mol. The molecule has 1 atom stereocenters. The van der Waals surface area contributed by atoms with E-state index < -0.39 is 0 Å². The molecule has 1 aromatic carbocycles. The van der Waals surface area contributed by atoms with Crippen molar-refractivity contribution in [1.29, 1.82) is 0 Å². The Morgan fingerprint density at radius 3 is 2.65 bits per heavy atom. The van der Waals surface area contributed by atoms with Gasteiger partial charge in [0.2, 0.25) is 5.91 Å². The molecule has 3 heteroatoms. The molecule has 1 N–H and O–H groups in total. The van der Waals surface area contributed by atoms with E-state index in [0.717, 1.165) is 12.0 Å². The van der Waals surface area contributed by atoms with Crippen molar-refractivity contribution >= 4 is 5.91 Å². The number of amides is 1. The molecule has 0 spiro atoms. The highest BCUT2D eigenvalue weighted by atomic mass is 16.1. The van der Waals surface area contributed by atoms with Crippen LogP contribution in [0.1, 0.15) is 36.1 Å². The fraction of sp³-hybridized carbons (Fsp3) is 0.294. The number of nitrogens with one attached hydrogen (secondary N) is 1. The van der Waals surface area contributed by atoms with Gasteiger partial charge < -0.3 is 5.32 Å². The molecule has 1 amide bonds. The van der Waals surface area contributed by atoms with Crippen molar-refractivity contribution in [2.24, 2.45) is 0 Å². The molecule has 20 heavy (non-hydrogen) atoms. The number of hydrogen-bond acceptors (Lipinski definition) is 2. The summed E-state index contributed by atoms with van der Waals surface area (Å²) in [5.74, 6) is 0.0712. The maximum Gasteiger partial charge on any atom is 0.220 e. The second-order valence-corrected chi connectivity index (χ2v) is 5.06. The SMILES string of the molecule is Cc1ccc(CCC(=O)N[C@@H](C)c2cccnc2)cc1. The van der Waals surface area contributed by atoms with Crippen molar-refractivity contribution in [3.8, 4) is 0 Å². The summed E-state index contributed by atoms with van der Waals surface area (Å²) in [5, 5.41) is 3.00. The average molecular weight is 268 g/mol. The van der Waals surface area contributed by atoms with Crippen LogP contribution in [0.5, 0.6) is 0 Å². The average Bonchev–Trinajstić information content (AvgIpc) is 2.47. The van der Waals surface area contributed by atoms with E-state index in [1.807, 2.05) is 19.1 Å². The van der Waals surface area contributed by atoms with Crippen molar-refractivity contribution in [3.05, 3.63) is 65.5 Å². The Kier molecular flexibility index (Phi) is 4.88. The highest BCUT2D eigenvalue weighted by molar-refractivity contribution is 5.76. The third-order valence-electron chi connectivity index (χ3n) is 3.32. The molecule has 104 valence electrons. The molecule has 0 saturated heterocycles. The summed E-state index contributed by atoms with van der Waals surface area (Å²) in [6, 6.07) is 12.1. The fourth-order valence-corrected chi connectivity index (χ4v) is 2.04. The quantitative estimate of drug-likeness (QED) is 0.904. The first kappa shape index (κ1) is 14.3. The van der Waals surface area contributed by atoms with Gasteiger partial charge in [0.15, 0.2) is 0 Å². The molecular formula is C17H20N2O. The van der Waals surface area contributed by atoms with E-state index in [0.29, 0.717) is 6.42 Å². The van der Waals surface area contributed by atoms with Gasteiger partial charge in [-0.2, -0.15) is 0 Å². The lowest BCUT2D eigenvalue weighted by Crippen LogP contribution is -2.26. The predicted octanol–water partition coefficient (Wildman–Crippen LogP) is 3.20. The summed E-state index contributed by atoms with van der Waals surface area (Å²) in [6.07, 6.45) is 4.79. The van der Waals surface area contributed by atoms with E-state index in [2.05, 4.69) is 41.5 Å². The van der Waals surface area contributed by atoms with Crippen LogP contribution in [-0.4, -0.2) is 10.9 Å². The number of aryl methyl sites for hydroxylation is 2. The zero-order valence-corrected chi connectivity index (χ0v) is 12.0. The maximum absolute atomic E-state index is 11.9. The number of hydrogen-bond donors (Lipinski definition) is 1. The van der Waals surface area contributed by atoms with Gasteiger partial charge >= 0.3 is 0 Å². The van der Waals surface area contributed by atoms with E-state index in [1.54, 1.807) is 12.4 Å². The van der Waals surface area contributed by atoms with Crippen LogP contribution in [0.2, 0.25) is 0 Å². The van der Waals surface area contributed by atoms with Crippen LogP contribution in [0.4, 0.5) is 0 Å². The highest BCUT2D eigenvalue weighted by Crippen LogP contribution is 2.11. The Balaban J connectivity index is 1.82. The lowest BCUT2D eigenvalue weighted by molar-refractivity contribution is -0.121. The Morgan fingerprint density at radius 1 is 1.25 bits per heavy atom. The van der Waals surface area contributed by atoms with Gasteiger partial charge in [0, 0.05) is 18.8 Å². The standard InChI is InChI=1S/C17H20N2O/c1-13-5-7-15(8-6-13)9-10-17(20)19-14(2)16-4-3-11-18-12-16/h3-8,11-12,14H,9-10H2,1-2H3,(H,19,20)/t14-/m0/s1. The van der Waals surface area contributed by atoms with Crippen LogP contribution in [0.15, 0.2) is 48.8 Å². The van der Waals surface area contributed by atoms with E-state index >= 15 is 0 Å². The van der Waals surface area contributed by atoms with Crippen molar-refractivity contribution < 1.29 is 4.79 Å². The Morgan fingerprint density at radius 2 is 2.00 bits per heavy atom. The topological polar surface area (TPSA) is 42.0 Å². The number of carbonyl (C=O) groups excluding carboxylic acids is 1. The van der Waals surface area contributed by atoms with Crippen LogP contribution >= 0.6 is 0 Å². The van der Waals surface area contributed by atoms with Crippen LogP contribution in [-0.2, 0) is 11.2 Å². The molecule has 0 bridgehead atoms. The first-order chi connectivity index (χ1) is 9.65.